The third-order valence-corrected chi connectivity index (χ3v) is 7.14. The molecule has 4 rings (SSSR count). The third kappa shape index (κ3) is 4.43. The van der Waals surface area contributed by atoms with Gasteiger partial charge in [-0.05, 0) is 44.6 Å². The Bertz CT molecular complexity index is 749. The number of nitrogens with one attached hydrogen (secondary N) is 1. The fourth-order valence-electron chi connectivity index (χ4n) is 5.24. The summed E-state index contributed by atoms with van der Waals surface area (Å²) in [5, 5.41) is 3.10. The number of rotatable bonds is 6. The Hall–Kier alpha value is -2.21. The molecule has 2 heterocycles. The van der Waals surface area contributed by atoms with E-state index in [1.807, 2.05) is 6.07 Å². The quantitative estimate of drug-likeness (QED) is 0.730. The minimum absolute atomic E-state index is 0.114. The summed E-state index contributed by atoms with van der Waals surface area (Å²) in [6, 6.07) is 9.90. The molecule has 2 saturated heterocycles. The van der Waals surface area contributed by atoms with Crippen LogP contribution < -0.4 is 5.32 Å². The highest BCUT2D eigenvalue weighted by atomic mass is 16.2. The number of piperidine rings is 1. The molecule has 3 amide bonds. The summed E-state index contributed by atoms with van der Waals surface area (Å²) in [5.41, 5.74) is 1.35. The zero-order valence-corrected chi connectivity index (χ0v) is 17.9. The van der Waals surface area contributed by atoms with Gasteiger partial charge in [-0.3, -0.25) is 19.3 Å². The monoisotopic (exact) mass is 411 g/mol. The molecule has 0 spiro atoms. The molecule has 162 valence electrons. The molecular formula is C24H33N3O3. The maximum Gasteiger partial charge on any atom is 0.243 e. The second-order valence-electron chi connectivity index (χ2n) is 9.08. The number of amides is 3. The first-order chi connectivity index (χ1) is 14.5. The number of carbonyl (C=O) groups excluding carboxylic acids is 3. The fraction of sp³-hybridized carbons (Fsp3) is 0.625. The second kappa shape index (κ2) is 9.29. The summed E-state index contributed by atoms with van der Waals surface area (Å²) in [6.07, 6.45) is 6.40. The predicted molar refractivity (Wildman–Crippen MR) is 115 cm³/mol. The van der Waals surface area contributed by atoms with E-state index >= 15 is 0 Å². The number of nitrogens with zero attached hydrogens (tertiary/aromatic N) is 2. The van der Waals surface area contributed by atoms with Gasteiger partial charge in [0.25, 0.3) is 0 Å². The van der Waals surface area contributed by atoms with E-state index in [4.69, 9.17) is 0 Å². The molecule has 0 radical (unpaired) electrons. The van der Waals surface area contributed by atoms with E-state index in [0.717, 1.165) is 64.6 Å². The van der Waals surface area contributed by atoms with Crippen LogP contribution >= 0.6 is 0 Å². The van der Waals surface area contributed by atoms with Crippen molar-refractivity contribution in [1.82, 2.24) is 15.1 Å². The molecule has 3 atom stereocenters. The van der Waals surface area contributed by atoms with Crippen LogP contribution in [0.2, 0.25) is 0 Å². The van der Waals surface area contributed by atoms with Gasteiger partial charge in [-0.1, -0.05) is 43.2 Å². The van der Waals surface area contributed by atoms with Gasteiger partial charge in [0.15, 0.2) is 0 Å². The molecule has 6 heteroatoms. The Morgan fingerprint density at radius 2 is 1.60 bits per heavy atom. The molecule has 3 unspecified atom stereocenters. The topological polar surface area (TPSA) is 69.7 Å². The minimum Gasteiger partial charge on any atom is -0.351 e. The molecule has 1 aromatic rings. The molecule has 0 bridgehead atoms. The highest BCUT2D eigenvalue weighted by Crippen LogP contribution is 2.38. The van der Waals surface area contributed by atoms with E-state index in [2.05, 4.69) is 34.5 Å². The van der Waals surface area contributed by atoms with Gasteiger partial charge in [-0.15, -0.1) is 0 Å². The zero-order valence-electron chi connectivity index (χ0n) is 17.9. The van der Waals surface area contributed by atoms with Gasteiger partial charge in [-0.25, -0.2) is 0 Å². The van der Waals surface area contributed by atoms with E-state index in [0.29, 0.717) is 0 Å². The molecule has 1 N–H and O–H groups in total. The summed E-state index contributed by atoms with van der Waals surface area (Å²) in [4.78, 5) is 42.0. The number of benzene rings is 1. The van der Waals surface area contributed by atoms with Crippen LogP contribution in [0.5, 0.6) is 0 Å². The lowest BCUT2D eigenvalue weighted by atomic mass is 9.81. The van der Waals surface area contributed by atoms with Crippen molar-refractivity contribution in [2.45, 2.75) is 64.0 Å². The zero-order chi connectivity index (χ0) is 21.1. The average Bonchev–Trinajstić information content (AvgIpc) is 3.04. The van der Waals surface area contributed by atoms with E-state index in [1.165, 1.54) is 10.5 Å². The number of hydrogen-bond donors (Lipinski definition) is 1. The van der Waals surface area contributed by atoms with Gasteiger partial charge in [0.1, 0.15) is 6.04 Å². The van der Waals surface area contributed by atoms with Crippen LogP contribution in [0.15, 0.2) is 30.3 Å². The van der Waals surface area contributed by atoms with Crippen molar-refractivity contribution in [3.63, 3.8) is 0 Å². The third-order valence-electron chi connectivity index (χ3n) is 7.14. The van der Waals surface area contributed by atoms with Gasteiger partial charge in [0, 0.05) is 25.7 Å². The molecule has 3 aliphatic rings. The Kier molecular flexibility index (Phi) is 6.52. The second-order valence-corrected chi connectivity index (χ2v) is 9.08. The summed E-state index contributed by atoms with van der Waals surface area (Å²) < 4.78 is 0. The first kappa shape index (κ1) is 21.0. The molecular weight excluding hydrogens is 378 g/mol. The molecule has 30 heavy (non-hydrogen) atoms. The van der Waals surface area contributed by atoms with E-state index in [-0.39, 0.29) is 35.6 Å². The van der Waals surface area contributed by atoms with Crippen LogP contribution in [0.4, 0.5) is 0 Å². The summed E-state index contributed by atoms with van der Waals surface area (Å²) in [5.74, 6) is -0.868. The lowest BCUT2D eigenvalue weighted by molar-refractivity contribution is -0.147. The maximum absolute atomic E-state index is 12.8. The van der Waals surface area contributed by atoms with E-state index < -0.39 is 6.04 Å². The normalized spacial score (nSPS) is 26.5. The molecule has 1 aliphatic carbocycles. The van der Waals surface area contributed by atoms with Crippen LogP contribution in [-0.2, 0) is 20.8 Å². The molecule has 6 nitrogen and oxygen atoms in total. The number of fused-ring (bicyclic) bond motifs is 1. The summed E-state index contributed by atoms with van der Waals surface area (Å²) in [7, 11) is 0. The highest BCUT2D eigenvalue weighted by Gasteiger charge is 2.50. The van der Waals surface area contributed by atoms with Crippen molar-refractivity contribution in [1.29, 1.82) is 0 Å². The molecule has 1 saturated carbocycles. The highest BCUT2D eigenvalue weighted by molar-refractivity contribution is 6.08. The van der Waals surface area contributed by atoms with Crippen LogP contribution in [-0.4, -0.2) is 59.2 Å². The smallest absolute Gasteiger partial charge is 0.243 e. The van der Waals surface area contributed by atoms with Crippen molar-refractivity contribution < 1.29 is 14.4 Å². The fourth-order valence-corrected chi connectivity index (χ4v) is 5.24. The van der Waals surface area contributed by atoms with Crippen LogP contribution in [0.25, 0.3) is 0 Å². The Morgan fingerprint density at radius 1 is 1.00 bits per heavy atom. The summed E-state index contributed by atoms with van der Waals surface area (Å²) in [6.45, 7) is 4.63. The number of hydrogen-bond acceptors (Lipinski definition) is 4. The number of carbonyl (C=O) groups is 3. The lowest BCUT2D eigenvalue weighted by Gasteiger charge is -2.33. The molecule has 2 aliphatic heterocycles. The first-order valence-electron chi connectivity index (χ1n) is 11.5. The van der Waals surface area contributed by atoms with Crippen LogP contribution in [0.1, 0.15) is 51.0 Å². The molecule has 0 aromatic heterocycles. The van der Waals surface area contributed by atoms with E-state index in [9.17, 15) is 14.4 Å². The minimum atomic E-state index is -0.716. The Labute approximate surface area is 179 Å². The standard InChI is InChI=1S/C24H33N3O3/c1-17(27-23(29)20-9-5-6-10-21(20)24(27)30)22(28)25-19-12-15-26(16-13-19)14-11-18-7-3-2-4-8-18/h2-4,7-8,17,19-21H,5-6,9-16H2,1H3,(H,25,28). The number of likely N-dealkylation sites (tertiary alicyclic amines) is 2. The van der Waals surface area contributed by atoms with Gasteiger partial charge < -0.3 is 10.2 Å². The average molecular weight is 412 g/mol. The van der Waals surface area contributed by atoms with Crippen molar-refractivity contribution in [2.24, 2.45) is 11.8 Å². The van der Waals surface area contributed by atoms with Gasteiger partial charge >= 0.3 is 0 Å². The van der Waals surface area contributed by atoms with Crippen molar-refractivity contribution in [2.75, 3.05) is 19.6 Å². The summed E-state index contributed by atoms with van der Waals surface area (Å²) >= 11 is 0. The van der Waals surface area contributed by atoms with Crippen LogP contribution in [0, 0.1) is 11.8 Å². The van der Waals surface area contributed by atoms with Gasteiger partial charge in [0.05, 0.1) is 11.8 Å². The lowest BCUT2D eigenvalue weighted by Crippen LogP contribution is -2.52. The first-order valence-corrected chi connectivity index (χ1v) is 11.5. The SMILES string of the molecule is CC(C(=O)NC1CCN(CCc2ccccc2)CC1)N1C(=O)C2CCCCC2C1=O. The van der Waals surface area contributed by atoms with Gasteiger partial charge in [-0.2, -0.15) is 0 Å². The van der Waals surface area contributed by atoms with Crippen molar-refractivity contribution in [3.8, 4) is 0 Å². The van der Waals surface area contributed by atoms with E-state index in [1.54, 1.807) is 6.92 Å². The predicted octanol–water partition coefficient (Wildman–Crippen LogP) is 2.37. The van der Waals surface area contributed by atoms with Gasteiger partial charge in [0.2, 0.25) is 17.7 Å². The van der Waals surface area contributed by atoms with Crippen molar-refractivity contribution >= 4 is 17.7 Å². The Morgan fingerprint density at radius 3 is 2.20 bits per heavy atom. The number of imide groups is 1. The Balaban J connectivity index is 1.24. The van der Waals surface area contributed by atoms with Crippen LogP contribution in [0.3, 0.4) is 0 Å². The molecule has 1 aromatic carbocycles. The maximum atomic E-state index is 12.8. The molecule has 3 fully saturated rings. The largest absolute Gasteiger partial charge is 0.351 e. The van der Waals surface area contributed by atoms with Crippen molar-refractivity contribution in [3.05, 3.63) is 35.9 Å².